The van der Waals surface area contributed by atoms with E-state index in [-0.39, 0.29) is 0 Å². The van der Waals surface area contributed by atoms with Crippen LogP contribution in [0.3, 0.4) is 0 Å². The largest absolute Gasteiger partial charge is 0.378 e. The number of ether oxygens (including phenoxy) is 1. The van der Waals surface area contributed by atoms with E-state index in [1.165, 1.54) is 6.42 Å². The van der Waals surface area contributed by atoms with Crippen LogP contribution in [0.1, 0.15) is 31.8 Å². The molecule has 4 nitrogen and oxygen atoms in total. The van der Waals surface area contributed by atoms with Gasteiger partial charge in [-0.1, -0.05) is 13.8 Å². The minimum absolute atomic E-state index is 0.526. The van der Waals surface area contributed by atoms with Crippen LogP contribution in [0.15, 0.2) is 6.07 Å². The highest BCUT2D eigenvalue weighted by Crippen LogP contribution is 2.19. The molecule has 0 saturated carbocycles. The highest BCUT2D eigenvalue weighted by atomic mass is 32.2. The summed E-state index contributed by atoms with van der Waals surface area (Å²) in [5, 5.41) is 3.69. The predicted octanol–water partition coefficient (Wildman–Crippen LogP) is 2.70. The number of nitrogens with one attached hydrogen (secondary N) is 1. The second-order valence-corrected chi connectivity index (χ2v) is 5.30. The Hall–Kier alpha value is -0.810. The molecule has 0 aliphatic rings. The maximum Gasteiger partial charge on any atom is 0.140 e. The number of thioether (sulfide) groups is 1. The van der Waals surface area contributed by atoms with Crippen molar-refractivity contribution >= 4 is 17.6 Å². The molecule has 1 aromatic heterocycles. The van der Waals surface area contributed by atoms with Crippen molar-refractivity contribution in [2.75, 3.05) is 19.5 Å². The molecule has 96 valence electrons. The summed E-state index contributed by atoms with van der Waals surface area (Å²) in [6.07, 6.45) is 1.17. The number of rotatable bonds is 7. The molecule has 5 heteroatoms. The monoisotopic (exact) mass is 255 g/mol. The van der Waals surface area contributed by atoms with E-state index in [1.807, 2.05) is 24.9 Å². The summed E-state index contributed by atoms with van der Waals surface area (Å²) in [7, 11) is 3.54. The number of aromatic nitrogens is 2. The zero-order chi connectivity index (χ0) is 12.7. The minimum atomic E-state index is 0.526. The van der Waals surface area contributed by atoms with Gasteiger partial charge in [0.05, 0.1) is 18.1 Å². The van der Waals surface area contributed by atoms with Crippen LogP contribution in [-0.4, -0.2) is 29.4 Å². The predicted molar refractivity (Wildman–Crippen MR) is 73.3 cm³/mol. The van der Waals surface area contributed by atoms with E-state index in [4.69, 9.17) is 4.74 Å². The normalized spacial score (nSPS) is 12.5. The number of hydrogen-bond acceptors (Lipinski definition) is 5. The Morgan fingerprint density at radius 2 is 2.24 bits per heavy atom. The molecule has 1 N–H and O–H groups in total. The van der Waals surface area contributed by atoms with E-state index >= 15 is 0 Å². The van der Waals surface area contributed by atoms with Gasteiger partial charge in [-0.3, -0.25) is 0 Å². The van der Waals surface area contributed by atoms with Gasteiger partial charge in [0, 0.05) is 25.5 Å². The molecule has 0 radical (unpaired) electrons. The Morgan fingerprint density at radius 1 is 1.47 bits per heavy atom. The third-order valence-corrected chi connectivity index (χ3v) is 3.77. The molecule has 0 amide bonds. The highest BCUT2D eigenvalue weighted by Gasteiger charge is 2.06. The highest BCUT2D eigenvalue weighted by molar-refractivity contribution is 7.99. The summed E-state index contributed by atoms with van der Waals surface area (Å²) in [5.41, 5.74) is 0.923. The second kappa shape index (κ2) is 7.50. The molecule has 1 atom stereocenters. The number of anilines is 1. The first-order chi connectivity index (χ1) is 8.19. The molecule has 0 spiro atoms. The molecule has 1 heterocycles. The van der Waals surface area contributed by atoms with E-state index in [2.05, 4.69) is 29.1 Å². The smallest absolute Gasteiger partial charge is 0.140 e. The van der Waals surface area contributed by atoms with E-state index in [0.29, 0.717) is 11.9 Å². The van der Waals surface area contributed by atoms with Crippen molar-refractivity contribution in [1.29, 1.82) is 0 Å². The molecule has 0 bridgehead atoms. The third-order valence-electron chi connectivity index (χ3n) is 2.45. The average molecular weight is 255 g/mol. The summed E-state index contributed by atoms with van der Waals surface area (Å²) in [6, 6.07) is 1.92. The lowest BCUT2D eigenvalue weighted by Gasteiger charge is -2.09. The van der Waals surface area contributed by atoms with Gasteiger partial charge in [0.2, 0.25) is 0 Å². The first-order valence-electron chi connectivity index (χ1n) is 5.84. The SMILES string of the molecule is CCC(C)SCc1nc(COC)cc(NC)n1. The quantitative estimate of drug-likeness (QED) is 0.811. The first-order valence-corrected chi connectivity index (χ1v) is 6.89. The molecule has 0 saturated heterocycles. The van der Waals surface area contributed by atoms with Crippen molar-refractivity contribution in [3.8, 4) is 0 Å². The lowest BCUT2D eigenvalue weighted by atomic mass is 10.4. The number of hydrogen-bond donors (Lipinski definition) is 1. The van der Waals surface area contributed by atoms with Crippen LogP contribution >= 0.6 is 11.8 Å². The van der Waals surface area contributed by atoms with Gasteiger partial charge in [0.15, 0.2) is 0 Å². The van der Waals surface area contributed by atoms with Crippen LogP contribution < -0.4 is 5.32 Å². The topological polar surface area (TPSA) is 47.0 Å². The summed E-state index contributed by atoms with van der Waals surface area (Å²) in [4.78, 5) is 8.92. The summed E-state index contributed by atoms with van der Waals surface area (Å²) < 4.78 is 5.10. The zero-order valence-corrected chi connectivity index (χ0v) is 11.8. The Balaban J connectivity index is 2.72. The summed E-state index contributed by atoms with van der Waals surface area (Å²) in [6.45, 7) is 4.94. The molecule has 0 aliphatic carbocycles. The Bertz CT molecular complexity index is 347. The molecule has 0 aliphatic heterocycles. The molecule has 1 aromatic rings. The first kappa shape index (κ1) is 14.3. The van der Waals surface area contributed by atoms with Crippen LogP contribution in [0.25, 0.3) is 0 Å². The standard InChI is InChI=1S/C12H21N3OS/c1-5-9(2)17-8-12-14-10(7-16-4)6-11(13-3)15-12/h6,9H,5,7-8H2,1-4H3,(H,13,14,15). The van der Waals surface area contributed by atoms with Gasteiger partial charge in [0.1, 0.15) is 11.6 Å². The van der Waals surface area contributed by atoms with Gasteiger partial charge in [-0.2, -0.15) is 11.8 Å². The maximum absolute atomic E-state index is 5.10. The number of nitrogens with zero attached hydrogens (tertiary/aromatic N) is 2. The third kappa shape index (κ3) is 4.91. The maximum atomic E-state index is 5.10. The van der Waals surface area contributed by atoms with E-state index in [0.717, 1.165) is 23.1 Å². The van der Waals surface area contributed by atoms with Gasteiger partial charge in [-0.15, -0.1) is 0 Å². The van der Waals surface area contributed by atoms with Gasteiger partial charge in [-0.05, 0) is 6.42 Å². The fraction of sp³-hybridized carbons (Fsp3) is 0.667. The Labute approximate surface area is 108 Å². The molecule has 1 rings (SSSR count). The van der Waals surface area contributed by atoms with Gasteiger partial charge in [-0.25, -0.2) is 9.97 Å². The van der Waals surface area contributed by atoms with Crippen LogP contribution in [0.2, 0.25) is 0 Å². The van der Waals surface area contributed by atoms with Crippen molar-refractivity contribution < 1.29 is 4.74 Å². The average Bonchev–Trinajstić information content (AvgIpc) is 2.36. The number of methoxy groups -OCH3 is 1. The Morgan fingerprint density at radius 3 is 2.82 bits per heavy atom. The lowest BCUT2D eigenvalue weighted by molar-refractivity contribution is 0.181. The zero-order valence-electron chi connectivity index (χ0n) is 11.0. The van der Waals surface area contributed by atoms with Crippen LogP contribution in [0.4, 0.5) is 5.82 Å². The summed E-state index contributed by atoms with van der Waals surface area (Å²) >= 11 is 1.88. The van der Waals surface area contributed by atoms with Gasteiger partial charge in [0.25, 0.3) is 0 Å². The van der Waals surface area contributed by atoms with Crippen molar-refractivity contribution in [2.45, 2.75) is 37.9 Å². The van der Waals surface area contributed by atoms with Crippen molar-refractivity contribution in [2.24, 2.45) is 0 Å². The fourth-order valence-electron chi connectivity index (χ4n) is 1.30. The lowest BCUT2D eigenvalue weighted by Crippen LogP contribution is -2.05. The van der Waals surface area contributed by atoms with Crippen molar-refractivity contribution in [1.82, 2.24) is 9.97 Å². The van der Waals surface area contributed by atoms with Crippen LogP contribution in [-0.2, 0) is 17.1 Å². The minimum Gasteiger partial charge on any atom is -0.378 e. The summed E-state index contributed by atoms with van der Waals surface area (Å²) in [5.74, 6) is 2.57. The van der Waals surface area contributed by atoms with Gasteiger partial charge >= 0.3 is 0 Å². The Kier molecular flexibility index (Phi) is 6.29. The molecular weight excluding hydrogens is 234 g/mol. The van der Waals surface area contributed by atoms with Crippen LogP contribution in [0, 0.1) is 0 Å². The van der Waals surface area contributed by atoms with E-state index in [1.54, 1.807) is 7.11 Å². The molecule has 1 unspecified atom stereocenters. The van der Waals surface area contributed by atoms with Crippen LogP contribution in [0.5, 0.6) is 0 Å². The second-order valence-electron chi connectivity index (χ2n) is 3.87. The fourth-order valence-corrected chi connectivity index (χ4v) is 2.10. The van der Waals surface area contributed by atoms with E-state index < -0.39 is 0 Å². The van der Waals surface area contributed by atoms with Gasteiger partial charge < -0.3 is 10.1 Å². The molecular formula is C12H21N3OS. The molecule has 0 aromatic carbocycles. The molecule has 0 fully saturated rings. The van der Waals surface area contributed by atoms with Crippen molar-refractivity contribution in [3.05, 3.63) is 17.6 Å². The van der Waals surface area contributed by atoms with Crippen molar-refractivity contribution in [3.63, 3.8) is 0 Å². The molecule has 17 heavy (non-hydrogen) atoms. The van der Waals surface area contributed by atoms with E-state index in [9.17, 15) is 0 Å².